The zero-order valence-corrected chi connectivity index (χ0v) is 13.6. The van der Waals surface area contributed by atoms with Gasteiger partial charge in [-0.25, -0.2) is 9.67 Å². The fraction of sp³-hybridized carbons (Fsp3) is 0.375. The first kappa shape index (κ1) is 16.5. The number of aliphatic hydroxyl groups is 1. The molecule has 26 heavy (non-hydrogen) atoms. The molecule has 136 valence electrons. The summed E-state index contributed by atoms with van der Waals surface area (Å²) >= 11 is 0. The lowest BCUT2D eigenvalue weighted by Crippen LogP contribution is -2.31. The average molecular weight is 362 g/mol. The summed E-state index contributed by atoms with van der Waals surface area (Å²) in [5, 5.41) is 23.8. The van der Waals surface area contributed by atoms with Gasteiger partial charge in [-0.1, -0.05) is 0 Å². The van der Waals surface area contributed by atoms with Crippen molar-refractivity contribution in [2.45, 2.75) is 32.1 Å². The van der Waals surface area contributed by atoms with Crippen molar-refractivity contribution in [2.75, 3.05) is 5.32 Å². The van der Waals surface area contributed by atoms with Crippen LogP contribution in [0.15, 0.2) is 35.2 Å². The summed E-state index contributed by atoms with van der Waals surface area (Å²) in [6.07, 6.45) is 6.42. The van der Waals surface area contributed by atoms with E-state index in [-0.39, 0.29) is 17.9 Å². The number of nitrogens with one attached hydrogen (secondary N) is 2. The van der Waals surface area contributed by atoms with Gasteiger partial charge in [-0.3, -0.25) is 5.10 Å². The number of hydrogen-bond acceptors (Lipinski definition) is 6. The first-order valence-electron chi connectivity index (χ1n) is 8.09. The van der Waals surface area contributed by atoms with E-state index in [4.69, 9.17) is 0 Å². The third kappa shape index (κ3) is 3.66. The Kier molecular flexibility index (Phi) is 4.27. The van der Waals surface area contributed by atoms with Crippen LogP contribution in [0.25, 0.3) is 5.73 Å². The lowest BCUT2D eigenvalue weighted by atomic mass is 10.3. The summed E-state index contributed by atoms with van der Waals surface area (Å²) in [7, 11) is 0. The van der Waals surface area contributed by atoms with Gasteiger partial charge in [-0.15, -0.1) is 10.8 Å². The molecule has 1 aliphatic carbocycles. The molecule has 3 N–H and O–H groups in total. The molecule has 0 spiro atoms. The van der Waals surface area contributed by atoms with Crippen LogP contribution in [-0.4, -0.2) is 37.8 Å². The zero-order chi connectivity index (χ0) is 18.1. The van der Waals surface area contributed by atoms with Crippen molar-refractivity contribution in [1.82, 2.24) is 20.0 Å². The van der Waals surface area contributed by atoms with Gasteiger partial charge >= 0.3 is 6.61 Å². The second-order valence-electron chi connectivity index (χ2n) is 6.04. The Morgan fingerprint density at radius 1 is 1.50 bits per heavy atom. The van der Waals surface area contributed by atoms with Crippen molar-refractivity contribution in [3.05, 3.63) is 40.9 Å². The summed E-state index contributed by atoms with van der Waals surface area (Å²) in [6.45, 7) is -2.36. The number of aliphatic hydroxyl groups excluding tert-OH is 1. The van der Waals surface area contributed by atoms with Gasteiger partial charge in [0.05, 0.1) is 17.5 Å². The van der Waals surface area contributed by atoms with Crippen LogP contribution in [0, 0.1) is 5.92 Å². The number of H-pyrrole nitrogens is 1. The van der Waals surface area contributed by atoms with Crippen molar-refractivity contribution >= 4 is 11.5 Å². The molecule has 8 nitrogen and oxygen atoms in total. The maximum Gasteiger partial charge on any atom is 0.388 e. The number of anilines is 1. The summed E-state index contributed by atoms with van der Waals surface area (Å²) < 4.78 is 30.4. The van der Waals surface area contributed by atoms with E-state index in [2.05, 4.69) is 36.1 Å². The molecule has 0 bridgehead atoms. The monoisotopic (exact) mass is 362 g/mol. The minimum absolute atomic E-state index is 0.186. The maximum absolute atomic E-state index is 12.2. The van der Waals surface area contributed by atoms with Crippen LogP contribution in [0.3, 0.4) is 0 Å². The van der Waals surface area contributed by atoms with Gasteiger partial charge in [0.15, 0.2) is 5.49 Å². The smallest absolute Gasteiger partial charge is 0.388 e. The molecular formula is C16H16F2N6O2. The van der Waals surface area contributed by atoms with Crippen LogP contribution in [0.2, 0.25) is 0 Å². The second kappa shape index (κ2) is 6.74. The summed E-state index contributed by atoms with van der Waals surface area (Å²) in [6, 6.07) is 1.32. The normalized spacial score (nSPS) is 23.2. The van der Waals surface area contributed by atoms with Crippen LogP contribution in [0.5, 0.6) is 5.88 Å². The highest BCUT2D eigenvalue weighted by Crippen LogP contribution is 2.30. The number of aromatic amines is 1. The van der Waals surface area contributed by atoms with E-state index in [1.807, 2.05) is 12.2 Å². The Balaban J connectivity index is 1.60. The van der Waals surface area contributed by atoms with E-state index in [0.717, 1.165) is 11.6 Å². The number of ether oxygens (including phenoxy) is 1. The number of rotatable bonds is 6. The SMILES string of the molecule is O[C@H]1C[C@@H]1Cn1ncc2c1=N/C(Nc1cc(OC(F)F)n[nH]1)=C\CC=C=2. The number of alkyl halides is 2. The fourth-order valence-corrected chi connectivity index (χ4v) is 2.62. The van der Waals surface area contributed by atoms with Gasteiger partial charge in [-0.2, -0.15) is 13.9 Å². The third-order valence-corrected chi connectivity index (χ3v) is 4.04. The largest absolute Gasteiger partial charge is 0.415 e. The number of hydrogen-bond donors (Lipinski definition) is 3. The molecule has 0 radical (unpaired) electrons. The van der Waals surface area contributed by atoms with Crippen LogP contribution in [-0.2, 0) is 6.54 Å². The molecule has 0 aromatic carbocycles. The third-order valence-electron chi connectivity index (χ3n) is 4.04. The van der Waals surface area contributed by atoms with Gasteiger partial charge in [0.1, 0.15) is 11.6 Å². The molecule has 0 amide bonds. The Morgan fingerprint density at radius 3 is 3.12 bits per heavy atom. The highest BCUT2D eigenvalue weighted by atomic mass is 19.3. The first-order valence-corrected chi connectivity index (χ1v) is 8.09. The standard InChI is InChI=1S/C16H16F2N6O2/c17-16(18)26-14-6-13(22-23-14)20-12-4-2-1-3-9-7-19-24(15(9)21-12)8-10-5-11(10)25/h1,4,6-7,10-11,16,25H,2,5,8H2,(H2,20,22,23)/b12-4-,21-15?/t3?,10-,11+/m1/s1. The quantitative estimate of drug-likeness (QED) is 0.695. The average Bonchev–Trinajstić information content (AvgIpc) is 2.92. The predicted octanol–water partition coefficient (Wildman–Crippen LogP) is 0.501. The molecule has 4 rings (SSSR count). The topological polar surface area (TPSA) is 100 Å². The fourth-order valence-electron chi connectivity index (χ4n) is 2.62. The maximum atomic E-state index is 12.2. The summed E-state index contributed by atoms with van der Waals surface area (Å²) in [5.74, 6) is 0.852. The molecule has 0 saturated heterocycles. The van der Waals surface area contributed by atoms with E-state index >= 15 is 0 Å². The molecule has 1 saturated carbocycles. The highest BCUT2D eigenvalue weighted by Gasteiger charge is 2.35. The number of allylic oxidation sites excluding steroid dienone is 2. The highest BCUT2D eigenvalue weighted by molar-refractivity contribution is 5.43. The Bertz CT molecular complexity index is 989. The van der Waals surface area contributed by atoms with Gasteiger partial charge in [0.25, 0.3) is 0 Å². The van der Waals surface area contributed by atoms with Crippen LogP contribution in [0.1, 0.15) is 12.8 Å². The summed E-state index contributed by atoms with van der Waals surface area (Å²) in [4.78, 5) is 4.58. The molecule has 1 fully saturated rings. The molecule has 2 aromatic heterocycles. The first-order chi connectivity index (χ1) is 12.6. The van der Waals surface area contributed by atoms with E-state index in [1.54, 1.807) is 10.9 Å². The van der Waals surface area contributed by atoms with E-state index < -0.39 is 6.61 Å². The van der Waals surface area contributed by atoms with E-state index in [0.29, 0.717) is 30.1 Å². The molecule has 0 unspecified atom stereocenters. The van der Waals surface area contributed by atoms with Crippen molar-refractivity contribution in [3.8, 4) is 5.88 Å². The van der Waals surface area contributed by atoms with Crippen molar-refractivity contribution in [1.29, 1.82) is 0 Å². The lowest BCUT2D eigenvalue weighted by Gasteiger charge is -2.05. The molecular weight excluding hydrogens is 346 g/mol. The van der Waals surface area contributed by atoms with Crippen LogP contribution in [0.4, 0.5) is 14.6 Å². The van der Waals surface area contributed by atoms with Crippen LogP contribution < -0.4 is 20.8 Å². The Hall–Kier alpha value is -2.97. The molecule has 10 heteroatoms. The lowest BCUT2D eigenvalue weighted by molar-refractivity contribution is -0.0528. The molecule has 2 atom stereocenters. The Labute approximate surface area is 146 Å². The van der Waals surface area contributed by atoms with E-state index in [9.17, 15) is 13.9 Å². The van der Waals surface area contributed by atoms with Gasteiger partial charge in [0.2, 0.25) is 5.88 Å². The zero-order valence-electron chi connectivity index (χ0n) is 13.6. The second-order valence-corrected chi connectivity index (χ2v) is 6.04. The number of nitrogens with zero attached hydrogens (tertiary/aromatic N) is 4. The van der Waals surface area contributed by atoms with Crippen LogP contribution >= 0.6 is 0 Å². The minimum Gasteiger partial charge on any atom is -0.415 e. The number of halogens is 2. The molecule has 2 aliphatic rings. The molecule has 3 heterocycles. The number of fused-ring (bicyclic) bond motifs is 1. The molecule has 2 aromatic rings. The van der Waals surface area contributed by atoms with Gasteiger partial charge < -0.3 is 15.2 Å². The van der Waals surface area contributed by atoms with E-state index in [1.165, 1.54) is 6.07 Å². The Morgan fingerprint density at radius 2 is 2.35 bits per heavy atom. The van der Waals surface area contributed by atoms with Crippen molar-refractivity contribution < 1.29 is 18.6 Å². The summed E-state index contributed by atoms with van der Waals surface area (Å²) in [5.41, 5.74) is 3.75. The van der Waals surface area contributed by atoms with Gasteiger partial charge in [-0.05, 0) is 25.0 Å². The van der Waals surface area contributed by atoms with Gasteiger partial charge in [0, 0.05) is 18.5 Å². The minimum atomic E-state index is -2.94. The predicted molar refractivity (Wildman–Crippen MR) is 86.6 cm³/mol. The number of aromatic nitrogens is 4. The molecule has 1 aliphatic heterocycles. The van der Waals surface area contributed by atoms with Crippen molar-refractivity contribution in [2.24, 2.45) is 10.9 Å². The van der Waals surface area contributed by atoms with Crippen molar-refractivity contribution in [3.63, 3.8) is 0 Å².